The number of ether oxygens (including phenoxy) is 1. The first-order chi connectivity index (χ1) is 8.24. The molecule has 2 unspecified atom stereocenters. The van der Waals surface area contributed by atoms with E-state index in [1.165, 1.54) is 13.5 Å². The number of benzene rings is 1. The van der Waals surface area contributed by atoms with Crippen molar-refractivity contribution in [3.63, 3.8) is 0 Å². The van der Waals surface area contributed by atoms with Crippen molar-refractivity contribution in [1.82, 2.24) is 0 Å². The van der Waals surface area contributed by atoms with Crippen molar-refractivity contribution in [2.24, 2.45) is 17.8 Å². The number of rotatable bonds is 3. The maximum absolute atomic E-state index is 13.9. The summed E-state index contributed by atoms with van der Waals surface area (Å²) >= 11 is 0. The average Bonchev–Trinajstić information content (AvgIpc) is 2.82. The van der Waals surface area contributed by atoms with Gasteiger partial charge in [0, 0.05) is 5.92 Å². The molecule has 0 amide bonds. The summed E-state index contributed by atoms with van der Waals surface area (Å²) in [6.07, 6.45) is 3.49. The Labute approximate surface area is 99.8 Å². The molecule has 0 aliphatic heterocycles. The Morgan fingerprint density at radius 1 is 1.35 bits per heavy atom. The first-order valence-corrected chi connectivity index (χ1v) is 6.10. The molecule has 0 radical (unpaired) electrons. The molecule has 2 atom stereocenters. The van der Waals surface area contributed by atoms with Gasteiger partial charge < -0.3 is 4.74 Å². The summed E-state index contributed by atoms with van der Waals surface area (Å²) in [4.78, 5) is 12.2. The van der Waals surface area contributed by atoms with E-state index in [9.17, 15) is 9.18 Å². The molecule has 17 heavy (non-hydrogen) atoms. The fourth-order valence-electron chi connectivity index (χ4n) is 3.25. The van der Waals surface area contributed by atoms with E-state index in [0.717, 1.165) is 12.8 Å². The minimum atomic E-state index is -0.509. The highest BCUT2D eigenvalue weighted by molar-refractivity contribution is 6.00. The van der Waals surface area contributed by atoms with Gasteiger partial charge in [0.2, 0.25) is 0 Å². The van der Waals surface area contributed by atoms with Crippen LogP contribution in [0.1, 0.15) is 29.6 Å². The number of hydrogen-bond acceptors (Lipinski definition) is 2. The minimum Gasteiger partial charge on any atom is -0.494 e. The summed E-state index contributed by atoms with van der Waals surface area (Å²) < 4.78 is 18.8. The average molecular weight is 234 g/mol. The van der Waals surface area contributed by atoms with Crippen molar-refractivity contribution in [2.75, 3.05) is 7.11 Å². The summed E-state index contributed by atoms with van der Waals surface area (Å²) in [5.74, 6) is 0.731. The second-order valence-corrected chi connectivity index (χ2v) is 4.97. The Balaban J connectivity index is 1.87. The molecule has 3 rings (SSSR count). The molecular weight excluding hydrogens is 219 g/mol. The maximum atomic E-state index is 13.9. The van der Waals surface area contributed by atoms with Gasteiger partial charge in [0.15, 0.2) is 17.3 Å². The third kappa shape index (κ3) is 1.56. The predicted octanol–water partition coefficient (Wildman–Crippen LogP) is 3.06. The number of Topliss-reactive ketones (excluding diaryl/α,β-unsaturated/α-hetero) is 1. The summed E-state index contributed by atoms with van der Waals surface area (Å²) in [5.41, 5.74) is 0.198. The molecule has 2 nitrogen and oxygen atoms in total. The lowest BCUT2D eigenvalue weighted by atomic mass is 10.0. The molecule has 2 fully saturated rings. The molecule has 0 N–H and O–H groups in total. The molecule has 0 bridgehead atoms. The second kappa shape index (κ2) is 3.83. The van der Waals surface area contributed by atoms with E-state index in [2.05, 4.69) is 0 Å². The van der Waals surface area contributed by atoms with Crippen LogP contribution < -0.4 is 4.74 Å². The lowest BCUT2D eigenvalue weighted by Crippen LogP contribution is -2.09. The van der Waals surface area contributed by atoms with Crippen molar-refractivity contribution in [3.05, 3.63) is 29.6 Å². The third-order valence-electron chi connectivity index (χ3n) is 4.16. The van der Waals surface area contributed by atoms with E-state index < -0.39 is 5.82 Å². The van der Waals surface area contributed by atoms with Crippen LogP contribution >= 0.6 is 0 Å². The van der Waals surface area contributed by atoms with E-state index in [-0.39, 0.29) is 23.0 Å². The fourth-order valence-corrected chi connectivity index (χ4v) is 3.25. The Bertz CT molecular complexity index is 459. The molecule has 3 heteroatoms. The summed E-state index contributed by atoms with van der Waals surface area (Å²) in [6, 6.07) is 4.78. The predicted molar refractivity (Wildman–Crippen MR) is 61.6 cm³/mol. The third-order valence-corrected chi connectivity index (χ3v) is 4.16. The summed E-state index contributed by atoms with van der Waals surface area (Å²) in [5, 5.41) is 0. The lowest BCUT2D eigenvalue weighted by molar-refractivity contribution is 0.0947. The molecule has 0 spiro atoms. The largest absolute Gasteiger partial charge is 0.494 e. The maximum Gasteiger partial charge on any atom is 0.175 e. The van der Waals surface area contributed by atoms with Crippen LogP contribution in [-0.2, 0) is 0 Å². The lowest BCUT2D eigenvalue weighted by Gasteiger charge is -2.07. The number of carbonyl (C=O) groups excluding carboxylic acids is 1. The minimum absolute atomic E-state index is 0.0314. The number of ketones is 1. The fraction of sp³-hybridized carbons (Fsp3) is 0.500. The van der Waals surface area contributed by atoms with Crippen molar-refractivity contribution in [2.45, 2.75) is 19.3 Å². The Morgan fingerprint density at radius 3 is 2.71 bits per heavy atom. The topological polar surface area (TPSA) is 26.3 Å². The SMILES string of the molecule is COc1cccc(C(=O)C2C3CCCC32)c1F. The highest BCUT2D eigenvalue weighted by Gasteiger charge is 2.56. The van der Waals surface area contributed by atoms with Crippen molar-refractivity contribution < 1.29 is 13.9 Å². The molecule has 2 aliphatic carbocycles. The number of methoxy groups -OCH3 is 1. The molecule has 90 valence electrons. The molecule has 1 aromatic carbocycles. The van der Waals surface area contributed by atoms with Gasteiger partial charge in [-0.1, -0.05) is 12.5 Å². The zero-order valence-corrected chi connectivity index (χ0v) is 9.78. The zero-order valence-electron chi connectivity index (χ0n) is 9.78. The van der Waals surface area contributed by atoms with E-state index >= 15 is 0 Å². The van der Waals surface area contributed by atoms with Crippen LogP contribution in [-0.4, -0.2) is 12.9 Å². The van der Waals surface area contributed by atoms with Gasteiger partial charge in [0.1, 0.15) is 0 Å². The number of hydrogen-bond donors (Lipinski definition) is 0. The standard InChI is InChI=1S/C14H15FO2/c1-17-11-7-3-6-10(13(11)15)14(16)12-8-4-2-5-9(8)12/h3,6-9,12H,2,4-5H2,1H3. The first kappa shape index (κ1) is 10.8. The smallest absolute Gasteiger partial charge is 0.175 e. The monoisotopic (exact) mass is 234 g/mol. The van der Waals surface area contributed by atoms with Gasteiger partial charge in [-0.3, -0.25) is 4.79 Å². The van der Waals surface area contributed by atoms with Gasteiger partial charge in [-0.05, 0) is 36.8 Å². The van der Waals surface area contributed by atoms with Crippen LogP contribution in [0.5, 0.6) is 5.75 Å². The van der Waals surface area contributed by atoms with E-state index in [1.54, 1.807) is 18.2 Å². The van der Waals surface area contributed by atoms with Crippen LogP contribution in [0.2, 0.25) is 0 Å². The molecule has 2 aliphatic rings. The number of fused-ring (bicyclic) bond motifs is 1. The van der Waals surface area contributed by atoms with Crippen LogP contribution in [0.15, 0.2) is 18.2 Å². The van der Waals surface area contributed by atoms with Gasteiger partial charge in [0.05, 0.1) is 12.7 Å². The van der Waals surface area contributed by atoms with Crippen LogP contribution in [0, 0.1) is 23.6 Å². The van der Waals surface area contributed by atoms with Gasteiger partial charge >= 0.3 is 0 Å². The van der Waals surface area contributed by atoms with Crippen molar-refractivity contribution in [1.29, 1.82) is 0 Å². The van der Waals surface area contributed by atoms with Gasteiger partial charge in [-0.15, -0.1) is 0 Å². The highest BCUT2D eigenvalue weighted by atomic mass is 19.1. The van der Waals surface area contributed by atoms with E-state index in [4.69, 9.17) is 4.74 Å². The Hall–Kier alpha value is -1.38. The molecule has 1 aromatic rings. The van der Waals surface area contributed by atoms with E-state index in [1.807, 2.05) is 0 Å². The zero-order chi connectivity index (χ0) is 12.0. The van der Waals surface area contributed by atoms with E-state index in [0.29, 0.717) is 11.8 Å². The van der Waals surface area contributed by atoms with Crippen LogP contribution in [0.25, 0.3) is 0 Å². The quantitative estimate of drug-likeness (QED) is 0.751. The Kier molecular flexibility index (Phi) is 2.42. The van der Waals surface area contributed by atoms with Gasteiger partial charge in [0.25, 0.3) is 0 Å². The molecule has 2 saturated carbocycles. The normalized spacial score (nSPS) is 29.9. The molecular formula is C14H15FO2. The van der Waals surface area contributed by atoms with Gasteiger partial charge in [-0.25, -0.2) is 4.39 Å². The molecule has 0 saturated heterocycles. The van der Waals surface area contributed by atoms with Crippen LogP contribution in [0.4, 0.5) is 4.39 Å². The molecule has 0 aromatic heterocycles. The second-order valence-electron chi connectivity index (χ2n) is 4.97. The Morgan fingerprint density at radius 2 is 2.06 bits per heavy atom. The van der Waals surface area contributed by atoms with Crippen LogP contribution in [0.3, 0.4) is 0 Å². The summed E-state index contributed by atoms with van der Waals surface area (Å²) in [7, 11) is 1.42. The first-order valence-electron chi connectivity index (χ1n) is 6.10. The number of halogens is 1. The van der Waals surface area contributed by atoms with Crippen molar-refractivity contribution >= 4 is 5.78 Å². The highest BCUT2D eigenvalue weighted by Crippen LogP contribution is 2.58. The number of carbonyl (C=O) groups is 1. The molecule has 0 heterocycles. The summed E-state index contributed by atoms with van der Waals surface area (Å²) in [6.45, 7) is 0. The van der Waals surface area contributed by atoms with Crippen molar-refractivity contribution in [3.8, 4) is 5.75 Å². The van der Waals surface area contributed by atoms with Gasteiger partial charge in [-0.2, -0.15) is 0 Å².